The third-order valence-electron chi connectivity index (χ3n) is 3.74. The monoisotopic (exact) mass is 353 g/mol. The molecule has 2 aromatic heterocycles. The van der Waals surface area contributed by atoms with E-state index in [0.717, 1.165) is 16.4 Å². The molecule has 0 aliphatic carbocycles. The fourth-order valence-electron chi connectivity index (χ4n) is 2.59. The van der Waals surface area contributed by atoms with Gasteiger partial charge < -0.3 is 9.88 Å². The first kappa shape index (κ1) is 17.2. The average Bonchev–Trinajstić information content (AvgIpc) is 2.98. The number of thioether (sulfide) groups is 1. The van der Waals surface area contributed by atoms with E-state index in [-0.39, 0.29) is 11.2 Å². The number of amides is 1. The summed E-state index contributed by atoms with van der Waals surface area (Å²) in [5.74, 6) is -0.00913. The highest BCUT2D eigenvalue weighted by Gasteiger charge is 2.21. The molecule has 1 aromatic carbocycles. The first-order chi connectivity index (χ1) is 12.1. The van der Waals surface area contributed by atoms with Crippen LogP contribution in [0.5, 0.6) is 0 Å². The number of hydrogen-bond acceptors (Lipinski definition) is 5. The lowest BCUT2D eigenvalue weighted by atomic mass is 10.2. The van der Waals surface area contributed by atoms with E-state index in [2.05, 4.69) is 33.3 Å². The summed E-state index contributed by atoms with van der Waals surface area (Å²) in [6.07, 6.45) is 3.40. The summed E-state index contributed by atoms with van der Waals surface area (Å²) < 4.78 is 0. The van der Waals surface area contributed by atoms with Gasteiger partial charge in [-0.3, -0.25) is 4.79 Å². The molecule has 0 bridgehead atoms. The fraction of sp³-hybridized carbons (Fsp3) is 0.222. The highest BCUT2D eigenvalue weighted by atomic mass is 32.2. The molecule has 0 unspecified atom stereocenters. The van der Waals surface area contributed by atoms with Gasteiger partial charge in [0.15, 0.2) is 5.65 Å². The quantitative estimate of drug-likeness (QED) is 0.521. The smallest absolute Gasteiger partial charge is 0.236 e. The summed E-state index contributed by atoms with van der Waals surface area (Å²) in [6, 6.07) is 7.86. The second-order valence-corrected chi connectivity index (χ2v) is 6.85. The first-order valence-corrected chi connectivity index (χ1v) is 8.80. The number of hydrogen-bond donors (Lipinski definition) is 1. The number of carbonyl (C=O) groups is 1. The van der Waals surface area contributed by atoms with Crippen LogP contribution in [-0.2, 0) is 4.79 Å². The molecular formula is C18H19N5OS. The van der Waals surface area contributed by atoms with Crippen LogP contribution >= 0.6 is 11.8 Å². The third kappa shape index (κ3) is 3.56. The summed E-state index contributed by atoms with van der Waals surface area (Å²) in [5, 5.41) is 9.58. The molecule has 0 radical (unpaired) electrons. The Kier molecular flexibility index (Phi) is 5.14. The Bertz CT molecular complexity index is 926. The van der Waals surface area contributed by atoms with Gasteiger partial charge in [0.25, 0.3) is 0 Å². The maximum atomic E-state index is 12.6. The van der Waals surface area contributed by atoms with Crippen LogP contribution in [0, 0.1) is 0 Å². The van der Waals surface area contributed by atoms with Crippen molar-refractivity contribution in [3.8, 4) is 0 Å². The molecule has 3 aromatic rings. The minimum Gasteiger partial charge on any atom is -0.338 e. The number of benzene rings is 1. The zero-order valence-electron chi connectivity index (χ0n) is 14.0. The lowest BCUT2D eigenvalue weighted by Gasteiger charge is -2.22. The summed E-state index contributed by atoms with van der Waals surface area (Å²) >= 11 is 1.29. The van der Waals surface area contributed by atoms with E-state index in [1.54, 1.807) is 17.1 Å². The standard InChI is InChI=1S/C18H19N5OS/c1-4-10-23(11-5-2)17(24)12(3)25-18-20-16-15(21-22-18)13-8-6-7-9-14(13)19-16/h4-9,12H,1-2,10-11H2,3H3,(H,19,20,22)/t12-/m0/s1. The molecule has 0 aliphatic heterocycles. The molecule has 6 nitrogen and oxygen atoms in total. The van der Waals surface area contributed by atoms with Gasteiger partial charge in [0.2, 0.25) is 11.1 Å². The topological polar surface area (TPSA) is 74.8 Å². The molecule has 0 saturated heterocycles. The molecule has 3 rings (SSSR count). The van der Waals surface area contributed by atoms with Gasteiger partial charge in [-0.25, -0.2) is 4.98 Å². The van der Waals surface area contributed by atoms with Crippen molar-refractivity contribution in [1.29, 1.82) is 0 Å². The normalized spacial score (nSPS) is 12.2. The predicted octanol–water partition coefficient (Wildman–Crippen LogP) is 3.19. The first-order valence-electron chi connectivity index (χ1n) is 7.92. The Hall–Kier alpha value is -2.67. The Balaban J connectivity index is 1.81. The Morgan fingerprint density at radius 3 is 2.72 bits per heavy atom. The fourth-order valence-corrected chi connectivity index (χ4v) is 3.39. The zero-order chi connectivity index (χ0) is 17.8. The minimum atomic E-state index is -0.330. The van der Waals surface area contributed by atoms with E-state index in [1.807, 2.05) is 31.2 Å². The van der Waals surface area contributed by atoms with E-state index >= 15 is 0 Å². The highest BCUT2D eigenvalue weighted by molar-refractivity contribution is 8.00. The van der Waals surface area contributed by atoms with Crippen molar-refractivity contribution >= 4 is 39.7 Å². The van der Waals surface area contributed by atoms with Crippen molar-refractivity contribution in [2.24, 2.45) is 0 Å². The Labute approximate surface area is 150 Å². The molecule has 2 heterocycles. The Morgan fingerprint density at radius 1 is 1.28 bits per heavy atom. The molecule has 0 aliphatic rings. The van der Waals surface area contributed by atoms with Crippen molar-refractivity contribution in [1.82, 2.24) is 25.1 Å². The maximum absolute atomic E-state index is 12.6. The van der Waals surface area contributed by atoms with Crippen LogP contribution in [0.3, 0.4) is 0 Å². The summed E-state index contributed by atoms with van der Waals surface area (Å²) in [4.78, 5) is 22.0. The molecule has 0 spiro atoms. The number of nitrogens with one attached hydrogen (secondary N) is 1. The molecule has 1 amide bonds. The van der Waals surface area contributed by atoms with Gasteiger partial charge in [-0.05, 0) is 13.0 Å². The lowest BCUT2D eigenvalue weighted by Crippen LogP contribution is -2.36. The summed E-state index contributed by atoms with van der Waals surface area (Å²) in [5.41, 5.74) is 2.37. The molecule has 7 heteroatoms. The average molecular weight is 353 g/mol. The van der Waals surface area contributed by atoms with Crippen molar-refractivity contribution in [3.63, 3.8) is 0 Å². The second kappa shape index (κ2) is 7.48. The molecule has 128 valence electrons. The maximum Gasteiger partial charge on any atom is 0.236 e. The third-order valence-corrected chi connectivity index (χ3v) is 4.68. The number of fused-ring (bicyclic) bond motifs is 3. The predicted molar refractivity (Wildman–Crippen MR) is 101 cm³/mol. The highest BCUT2D eigenvalue weighted by Crippen LogP contribution is 2.25. The number of nitrogens with zero attached hydrogens (tertiary/aromatic N) is 4. The van der Waals surface area contributed by atoms with Gasteiger partial charge in [0.05, 0.1) is 5.25 Å². The van der Waals surface area contributed by atoms with Crippen LogP contribution in [0.25, 0.3) is 22.1 Å². The van der Waals surface area contributed by atoms with Crippen molar-refractivity contribution in [2.75, 3.05) is 13.1 Å². The summed E-state index contributed by atoms with van der Waals surface area (Å²) in [6.45, 7) is 10.2. The Morgan fingerprint density at radius 2 is 2.00 bits per heavy atom. The number of aromatic amines is 1. The molecule has 1 N–H and O–H groups in total. The van der Waals surface area contributed by atoms with Crippen LogP contribution in [-0.4, -0.2) is 49.3 Å². The van der Waals surface area contributed by atoms with E-state index in [9.17, 15) is 4.79 Å². The van der Waals surface area contributed by atoms with Gasteiger partial charge >= 0.3 is 0 Å². The van der Waals surface area contributed by atoms with Gasteiger partial charge in [-0.1, -0.05) is 42.1 Å². The molecule has 0 saturated carbocycles. The number of H-pyrrole nitrogens is 1. The van der Waals surface area contributed by atoms with Gasteiger partial charge in [0, 0.05) is 24.0 Å². The molecular weight excluding hydrogens is 334 g/mol. The van der Waals surface area contributed by atoms with E-state index in [0.29, 0.717) is 23.9 Å². The van der Waals surface area contributed by atoms with Crippen LogP contribution in [0.2, 0.25) is 0 Å². The van der Waals surface area contributed by atoms with Crippen LogP contribution < -0.4 is 0 Å². The molecule has 25 heavy (non-hydrogen) atoms. The second-order valence-electron chi connectivity index (χ2n) is 5.54. The SMILES string of the molecule is C=CCN(CC=C)C(=O)[C@H](C)Sc1nnc2c(n1)[nH]c1ccccc12. The number of para-hydroxylation sites is 1. The van der Waals surface area contributed by atoms with Crippen molar-refractivity contribution < 1.29 is 4.79 Å². The van der Waals surface area contributed by atoms with E-state index in [1.165, 1.54) is 11.8 Å². The number of carbonyl (C=O) groups excluding carboxylic acids is 1. The number of aromatic nitrogens is 4. The van der Waals surface area contributed by atoms with Crippen LogP contribution in [0.4, 0.5) is 0 Å². The van der Waals surface area contributed by atoms with Gasteiger partial charge in [-0.2, -0.15) is 0 Å². The lowest BCUT2D eigenvalue weighted by molar-refractivity contribution is -0.129. The van der Waals surface area contributed by atoms with E-state index in [4.69, 9.17) is 0 Å². The number of rotatable bonds is 7. The van der Waals surface area contributed by atoms with Gasteiger partial charge in [-0.15, -0.1) is 23.4 Å². The summed E-state index contributed by atoms with van der Waals surface area (Å²) in [7, 11) is 0. The molecule has 0 fully saturated rings. The zero-order valence-corrected chi connectivity index (χ0v) is 14.8. The van der Waals surface area contributed by atoms with Crippen molar-refractivity contribution in [2.45, 2.75) is 17.3 Å². The molecule has 1 atom stereocenters. The van der Waals surface area contributed by atoms with Crippen LogP contribution in [0.1, 0.15) is 6.92 Å². The van der Waals surface area contributed by atoms with Crippen molar-refractivity contribution in [3.05, 3.63) is 49.6 Å². The van der Waals surface area contributed by atoms with E-state index < -0.39 is 0 Å². The van der Waals surface area contributed by atoms with Gasteiger partial charge in [0.1, 0.15) is 5.52 Å². The van der Waals surface area contributed by atoms with Crippen LogP contribution in [0.15, 0.2) is 54.7 Å². The largest absolute Gasteiger partial charge is 0.338 e. The minimum absolute atomic E-state index is 0.00913.